The first kappa shape index (κ1) is 14.8. The van der Waals surface area contributed by atoms with Gasteiger partial charge in [0.1, 0.15) is 0 Å². The molecular weight excluding hydrogens is 276 g/mol. The number of hydrogen-bond donors (Lipinski definition) is 1. The second-order valence-corrected chi connectivity index (χ2v) is 5.38. The van der Waals surface area contributed by atoms with Crippen molar-refractivity contribution in [3.05, 3.63) is 12.1 Å². The second kappa shape index (κ2) is 6.74. The van der Waals surface area contributed by atoms with Gasteiger partial charge >= 0.3 is 6.03 Å². The molecule has 0 bridgehead atoms. The first-order valence-electron chi connectivity index (χ1n) is 6.55. The fraction of sp³-hybridized carbons (Fsp3) is 0.500. The summed E-state index contributed by atoms with van der Waals surface area (Å²) < 4.78 is 10.6. The van der Waals surface area contributed by atoms with Crippen molar-refractivity contribution in [3.63, 3.8) is 0 Å². The van der Waals surface area contributed by atoms with Gasteiger partial charge < -0.3 is 19.7 Å². The minimum absolute atomic E-state index is 0.0509. The monoisotopic (exact) mass is 296 g/mol. The van der Waals surface area contributed by atoms with Gasteiger partial charge in [0.25, 0.3) is 0 Å². The molecule has 1 aliphatic heterocycles. The molecule has 5 nitrogen and oxygen atoms in total. The van der Waals surface area contributed by atoms with Crippen molar-refractivity contribution in [2.75, 3.05) is 38.9 Å². The topological polar surface area (TPSA) is 50.8 Å². The molecule has 1 N–H and O–H groups in total. The van der Waals surface area contributed by atoms with E-state index in [9.17, 15) is 4.79 Å². The number of carbonyl (C=O) groups excluding carboxylic acids is 1. The predicted octanol–water partition coefficient (Wildman–Crippen LogP) is 3.05. The van der Waals surface area contributed by atoms with E-state index in [4.69, 9.17) is 9.47 Å². The Morgan fingerprint density at radius 3 is 2.35 bits per heavy atom. The molecule has 20 heavy (non-hydrogen) atoms. The van der Waals surface area contributed by atoms with Crippen LogP contribution in [0.1, 0.15) is 12.8 Å². The van der Waals surface area contributed by atoms with Crippen LogP contribution >= 0.6 is 11.8 Å². The van der Waals surface area contributed by atoms with Gasteiger partial charge in [-0.1, -0.05) is 0 Å². The highest BCUT2D eigenvalue weighted by molar-refractivity contribution is 7.98. The third-order valence-electron chi connectivity index (χ3n) is 3.34. The summed E-state index contributed by atoms with van der Waals surface area (Å²) in [5.74, 6) is 1.28. The quantitative estimate of drug-likeness (QED) is 0.868. The lowest BCUT2D eigenvalue weighted by Crippen LogP contribution is -2.32. The van der Waals surface area contributed by atoms with Crippen molar-refractivity contribution in [2.45, 2.75) is 17.7 Å². The first-order chi connectivity index (χ1) is 9.69. The lowest BCUT2D eigenvalue weighted by atomic mass is 10.2. The fourth-order valence-electron chi connectivity index (χ4n) is 2.24. The summed E-state index contributed by atoms with van der Waals surface area (Å²) in [4.78, 5) is 15.0. The zero-order valence-electron chi connectivity index (χ0n) is 12.1. The molecule has 0 aromatic heterocycles. The van der Waals surface area contributed by atoms with Crippen LogP contribution in [0.2, 0.25) is 0 Å². The van der Waals surface area contributed by atoms with E-state index in [1.54, 1.807) is 32.0 Å². The SMILES string of the molecule is COc1cc(NC(=O)N2CCCC2)c(SC)cc1OC. The Morgan fingerprint density at radius 1 is 1.20 bits per heavy atom. The van der Waals surface area contributed by atoms with Gasteiger partial charge in [-0.15, -0.1) is 11.8 Å². The van der Waals surface area contributed by atoms with Gasteiger partial charge in [-0.05, 0) is 25.2 Å². The number of carbonyl (C=O) groups is 1. The maximum atomic E-state index is 12.2. The molecule has 0 radical (unpaired) electrons. The van der Waals surface area contributed by atoms with Crippen LogP contribution in [0.15, 0.2) is 17.0 Å². The van der Waals surface area contributed by atoms with Gasteiger partial charge in [-0.25, -0.2) is 4.79 Å². The standard InChI is InChI=1S/C14H20N2O3S/c1-18-11-8-10(13(20-3)9-12(11)19-2)15-14(17)16-6-4-5-7-16/h8-9H,4-7H2,1-3H3,(H,15,17). The number of nitrogens with one attached hydrogen (secondary N) is 1. The lowest BCUT2D eigenvalue weighted by molar-refractivity contribution is 0.222. The third-order valence-corrected chi connectivity index (χ3v) is 4.12. The van der Waals surface area contributed by atoms with Crippen molar-refractivity contribution >= 4 is 23.5 Å². The fourth-order valence-corrected chi connectivity index (χ4v) is 2.80. The van der Waals surface area contributed by atoms with Gasteiger partial charge in [-0.2, -0.15) is 0 Å². The van der Waals surface area contributed by atoms with Crippen molar-refractivity contribution in [1.82, 2.24) is 4.90 Å². The number of rotatable bonds is 4. The number of nitrogens with zero attached hydrogens (tertiary/aromatic N) is 1. The number of hydrogen-bond acceptors (Lipinski definition) is 4. The number of urea groups is 1. The maximum Gasteiger partial charge on any atom is 0.321 e. The molecule has 1 aromatic carbocycles. The average molecular weight is 296 g/mol. The normalized spacial score (nSPS) is 14.2. The minimum atomic E-state index is -0.0509. The summed E-state index contributed by atoms with van der Waals surface area (Å²) in [5, 5.41) is 2.96. The molecule has 2 rings (SSSR count). The van der Waals surface area contributed by atoms with Crippen LogP contribution in [-0.4, -0.2) is 44.5 Å². The summed E-state index contributed by atoms with van der Waals surface area (Å²) in [6.07, 6.45) is 4.12. The Labute approximate surface area is 123 Å². The van der Waals surface area contributed by atoms with Gasteiger partial charge in [0.05, 0.1) is 19.9 Å². The maximum absolute atomic E-state index is 12.2. The first-order valence-corrected chi connectivity index (χ1v) is 7.78. The molecule has 1 fully saturated rings. The minimum Gasteiger partial charge on any atom is -0.493 e. The molecule has 1 aliphatic rings. The molecule has 0 unspecified atom stereocenters. The Morgan fingerprint density at radius 2 is 1.80 bits per heavy atom. The smallest absolute Gasteiger partial charge is 0.321 e. The average Bonchev–Trinajstić information content (AvgIpc) is 3.01. The molecule has 0 aliphatic carbocycles. The lowest BCUT2D eigenvalue weighted by Gasteiger charge is -2.19. The molecule has 0 spiro atoms. The van der Waals surface area contributed by atoms with Crippen molar-refractivity contribution in [1.29, 1.82) is 0 Å². The summed E-state index contributed by atoms with van der Waals surface area (Å²) in [6.45, 7) is 1.65. The van der Waals surface area contributed by atoms with Crippen molar-refractivity contribution < 1.29 is 14.3 Å². The van der Waals surface area contributed by atoms with Crippen LogP contribution in [0.4, 0.5) is 10.5 Å². The van der Waals surface area contributed by atoms with Crippen LogP contribution in [0, 0.1) is 0 Å². The summed E-state index contributed by atoms with van der Waals surface area (Å²) in [5.41, 5.74) is 0.757. The zero-order valence-corrected chi connectivity index (χ0v) is 12.9. The Kier molecular flexibility index (Phi) is 5.00. The van der Waals surface area contributed by atoms with Gasteiger partial charge in [0.15, 0.2) is 11.5 Å². The van der Waals surface area contributed by atoms with Crippen LogP contribution in [-0.2, 0) is 0 Å². The highest BCUT2D eigenvalue weighted by atomic mass is 32.2. The number of methoxy groups -OCH3 is 2. The molecule has 1 heterocycles. The van der Waals surface area contributed by atoms with Crippen LogP contribution in [0.5, 0.6) is 11.5 Å². The van der Waals surface area contributed by atoms with Crippen LogP contribution in [0.25, 0.3) is 0 Å². The number of benzene rings is 1. The molecule has 0 atom stereocenters. The number of ether oxygens (including phenoxy) is 2. The van der Waals surface area contributed by atoms with E-state index in [-0.39, 0.29) is 6.03 Å². The Hall–Kier alpha value is -1.56. The Balaban J connectivity index is 2.22. The van der Waals surface area contributed by atoms with Gasteiger partial charge in [0, 0.05) is 24.1 Å². The third kappa shape index (κ3) is 3.12. The highest BCUT2D eigenvalue weighted by Crippen LogP contribution is 2.37. The van der Waals surface area contributed by atoms with Crippen LogP contribution in [0.3, 0.4) is 0 Å². The van der Waals surface area contributed by atoms with E-state index >= 15 is 0 Å². The largest absolute Gasteiger partial charge is 0.493 e. The highest BCUT2D eigenvalue weighted by Gasteiger charge is 2.20. The molecule has 110 valence electrons. The molecule has 6 heteroatoms. The molecule has 1 saturated heterocycles. The molecule has 0 saturated carbocycles. The molecule has 2 amide bonds. The van der Waals surface area contributed by atoms with E-state index in [1.165, 1.54) is 0 Å². The van der Waals surface area contributed by atoms with Crippen molar-refractivity contribution in [3.8, 4) is 11.5 Å². The summed E-state index contributed by atoms with van der Waals surface area (Å²) in [6, 6.07) is 3.63. The van der Waals surface area contributed by atoms with E-state index in [0.29, 0.717) is 11.5 Å². The number of anilines is 1. The number of thioether (sulfide) groups is 1. The summed E-state index contributed by atoms with van der Waals surface area (Å²) in [7, 11) is 3.19. The van der Waals surface area contributed by atoms with E-state index in [1.807, 2.05) is 17.2 Å². The number of likely N-dealkylation sites (tertiary alicyclic amines) is 1. The molecule has 1 aromatic rings. The van der Waals surface area contributed by atoms with Gasteiger partial charge in [-0.3, -0.25) is 0 Å². The van der Waals surface area contributed by atoms with E-state index in [0.717, 1.165) is 36.5 Å². The van der Waals surface area contributed by atoms with Crippen molar-refractivity contribution in [2.24, 2.45) is 0 Å². The van der Waals surface area contributed by atoms with Crippen LogP contribution < -0.4 is 14.8 Å². The van der Waals surface area contributed by atoms with Gasteiger partial charge in [0.2, 0.25) is 0 Å². The number of amides is 2. The molecular formula is C14H20N2O3S. The predicted molar refractivity (Wildman–Crippen MR) is 81.2 cm³/mol. The second-order valence-electron chi connectivity index (χ2n) is 4.53. The van der Waals surface area contributed by atoms with E-state index in [2.05, 4.69) is 5.32 Å². The zero-order chi connectivity index (χ0) is 14.5. The van der Waals surface area contributed by atoms with E-state index < -0.39 is 0 Å². The summed E-state index contributed by atoms with van der Waals surface area (Å²) >= 11 is 1.56. The Bertz CT molecular complexity index is 488.